The molecule has 2 rings (SSSR count). The first-order valence-electron chi connectivity index (χ1n) is 5.05. The van der Waals surface area contributed by atoms with Crippen molar-refractivity contribution >= 4 is 21.7 Å². The molecule has 0 saturated heterocycles. The number of hydrogen-bond acceptors (Lipinski definition) is 2. The lowest BCUT2D eigenvalue weighted by Crippen LogP contribution is -1.97. The zero-order chi connectivity index (χ0) is 11.9. The maximum Gasteiger partial charge on any atom is 0.124 e. The minimum Gasteiger partial charge on any atom is -0.384 e. The first-order valence-corrected chi connectivity index (χ1v) is 5.85. The Balaban J connectivity index is 2.62. The maximum atomic E-state index is 5.90. The van der Waals surface area contributed by atoms with Crippen LogP contribution < -0.4 is 5.73 Å². The van der Waals surface area contributed by atoms with Gasteiger partial charge in [-0.1, -0.05) is 15.9 Å². The average Bonchev–Trinajstić information content (AvgIpc) is 2.44. The Morgan fingerprint density at radius 2 is 1.94 bits per heavy atom. The van der Waals surface area contributed by atoms with Crippen LogP contribution in [0, 0.1) is 13.8 Å². The van der Waals surface area contributed by atoms with Gasteiger partial charge in [0.15, 0.2) is 0 Å². The van der Waals surface area contributed by atoms with Gasteiger partial charge in [0.1, 0.15) is 5.82 Å². The molecule has 1 aromatic heterocycles. The second-order valence-electron chi connectivity index (χ2n) is 4.00. The number of anilines is 1. The number of nitrogens with zero attached hydrogens (tertiary/aromatic N) is 2. The molecule has 4 heteroatoms. The molecule has 2 N–H and O–H groups in total. The molecule has 84 valence electrons. The van der Waals surface area contributed by atoms with Crippen molar-refractivity contribution < 1.29 is 0 Å². The molecule has 0 aliphatic carbocycles. The molecule has 0 aliphatic heterocycles. The zero-order valence-corrected chi connectivity index (χ0v) is 11.2. The van der Waals surface area contributed by atoms with E-state index in [0.29, 0.717) is 5.82 Å². The Hall–Kier alpha value is -1.29. The number of halogens is 1. The Morgan fingerprint density at radius 3 is 2.44 bits per heavy atom. The predicted molar refractivity (Wildman–Crippen MR) is 70.2 cm³/mol. The van der Waals surface area contributed by atoms with Crippen molar-refractivity contribution in [3.05, 3.63) is 33.8 Å². The number of aryl methyl sites for hydroxylation is 2. The molecule has 16 heavy (non-hydrogen) atoms. The molecule has 0 spiro atoms. The third-order valence-corrected chi connectivity index (χ3v) is 3.11. The highest BCUT2D eigenvalue weighted by Crippen LogP contribution is 2.28. The second-order valence-corrected chi connectivity index (χ2v) is 4.92. The smallest absolute Gasteiger partial charge is 0.124 e. The molecule has 2 aromatic rings. The van der Waals surface area contributed by atoms with E-state index < -0.39 is 0 Å². The fourth-order valence-electron chi connectivity index (χ4n) is 1.79. The third kappa shape index (κ3) is 1.85. The highest BCUT2D eigenvalue weighted by molar-refractivity contribution is 9.10. The largest absolute Gasteiger partial charge is 0.384 e. The lowest BCUT2D eigenvalue weighted by atomic mass is 10.1. The second kappa shape index (κ2) is 3.94. The average molecular weight is 280 g/mol. The molecule has 0 unspecified atom stereocenters. The Kier molecular flexibility index (Phi) is 2.76. The van der Waals surface area contributed by atoms with Gasteiger partial charge in [-0.25, -0.2) is 0 Å². The summed E-state index contributed by atoms with van der Waals surface area (Å²) in [5.74, 6) is 0.715. The van der Waals surface area contributed by atoms with Gasteiger partial charge in [0.2, 0.25) is 0 Å². The summed E-state index contributed by atoms with van der Waals surface area (Å²) < 4.78 is 2.77. The SMILES string of the molecule is Cc1cc(Br)cc(-c2nn(C)c(N)c2C)c1. The standard InChI is InChI=1S/C12H14BrN3/c1-7-4-9(6-10(13)5-7)11-8(2)12(14)16(3)15-11/h4-6H,14H2,1-3H3. The van der Waals surface area contributed by atoms with Gasteiger partial charge in [-0.2, -0.15) is 5.10 Å². The summed E-state index contributed by atoms with van der Waals surface area (Å²) >= 11 is 3.49. The fraction of sp³-hybridized carbons (Fsp3) is 0.250. The van der Waals surface area contributed by atoms with Crippen LogP contribution in [0.15, 0.2) is 22.7 Å². The topological polar surface area (TPSA) is 43.8 Å². The van der Waals surface area contributed by atoms with E-state index in [4.69, 9.17) is 5.73 Å². The summed E-state index contributed by atoms with van der Waals surface area (Å²) in [6.07, 6.45) is 0. The number of aromatic nitrogens is 2. The third-order valence-electron chi connectivity index (χ3n) is 2.65. The van der Waals surface area contributed by atoms with Crippen LogP contribution in [0.5, 0.6) is 0 Å². The molecule has 1 heterocycles. The normalized spacial score (nSPS) is 10.8. The van der Waals surface area contributed by atoms with Crippen LogP contribution in [0.3, 0.4) is 0 Å². The monoisotopic (exact) mass is 279 g/mol. The van der Waals surface area contributed by atoms with E-state index in [1.807, 2.05) is 14.0 Å². The summed E-state index contributed by atoms with van der Waals surface area (Å²) in [6, 6.07) is 6.24. The van der Waals surface area contributed by atoms with Crippen molar-refractivity contribution in [2.45, 2.75) is 13.8 Å². The van der Waals surface area contributed by atoms with Crippen LogP contribution >= 0.6 is 15.9 Å². The van der Waals surface area contributed by atoms with Crippen molar-refractivity contribution in [2.24, 2.45) is 7.05 Å². The van der Waals surface area contributed by atoms with E-state index in [-0.39, 0.29) is 0 Å². The van der Waals surface area contributed by atoms with Gasteiger partial charge in [0.25, 0.3) is 0 Å². The minimum absolute atomic E-state index is 0.715. The van der Waals surface area contributed by atoms with Gasteiger partial charge in [0, 0.05) is 22.6 Å². The number of rotatable bonds is 1. The van der Waals surface area contributed by atoms with Crippen molar-refractivity contribution in [1.82, 2.24) is 9.78 Å². The maximum absolute atomic E-state index is 5.90. The highest BCUT2D eigenvalue weighted by Gasteiger charge is 2.11. The van der Waals surface area contributed by atoms with Crippen LogP contribution in [0.2, 0.25) is 0 Å². The summed E-state index contributed by atoms with van der Waals surface area (Å²) in [6.45, 7) is 4.06. The zero-order valence-electron chi connectivity index (χ0n) is 9.58. The van der Waals surface area contributed by atoms with E-state index >= 15 is 0 Å². The summed E-state index contributed by atoms with van der Waals surface area (Å²) in [7, 11) is 1.86. The van der Waals surface area contributed by atoms with Gasteiger partial charge in [-0.05, 0) is 37.6 Å². The Morgan fingerprint density at radius 1 is 1.25 bits per heavy atom. The molecule has 0 bridgehead atoms. The van der Waals surface area contributed by atoms with Gasteiger partial charge in [-0.15, -0.1) is 0 Å². The number of nitrogens with two attached hydrogens (primary N) is 1. The van der Waals surface area contributed by atoms with Crippen LogP contribution in [-0.2, 0) is 7.05 Å². The van der Waals surface area contributed by atoms with Crippen molar-refractivity contribution in [3.63, 3.8) is 0 Å². The van der Waals surface area contributed by atoms with Crippen LogP contribution in [0.4, 0.5) is 5.82 Å². The van der Waals surface area contributed by atoms with Gasteiger partial charge in [-0.3, -0.25) is 4.68 Å². The summed E-state index contributed by atoms with van der Waals surface area (Å²) in [4.78, 5) is 0. The van der Waals surface area contributed by atoms with E-state index in [9.17, 15) is 0 Å². The molecular weight excluding hydrogens is 266 g/mol. The fourth-order valence-corrected chi connectivity index (χ4v) is 2.40. The number of nitrogen functional groups attached to an aromatic ring is 1. The number of hydrogen-bond donors (Lipinski definition) is 1. The van der Waals surface area contributed by atoms with Gasteiger partial charge < -0.3 is 5.73 Å². The van der Waals surface area contributed by atoms with E-state index in [2.05, 4.69) is 46.2 Å². The molecular formula is C12H14BrN3. The van der Waals surface area contributed by atoms with E-state index in [0.717, 1.165) is 21.3 Å². The minimum atomic E-state index is 0.715. The Bertz CT molecular complexity index is 523. The molecule has 0 amide bonds. The van der Waals surface area contributed by atoms with E-state index in [1.54, 1.807) is 4.68 Å². The lowest BCUT2D eigenvalue weighted by Gasteiger charge is -2.02. The molecule has 0 atom stereocenters. The molecule has 0 radical (unpaired) electrons. The molecule has 3 nitrogen and oxygen atoms in total. The first kappa shape index (κ1) is 11.2. The summed E-state index contributed by atoms with van der Waals surface area (Å²) in [5.41, 5.74) is 10.2. The molecule has 0 saturated carbocycles. The molecule has 0 aliphatic rings. The van der Waals surface area contributed by atoms with Crippen LogP contribution in [0.1, 0.15) is 11.1 Å². The first-order chi connectivity index (χ1) is 7.49. The predicted octanol–water partition coefficient (Wildman–Crippen LogP) is 3.05. The van der Waals surface area contributed by atoms with Crippen molar-refractivity contribution in [3.8, 4) is 11.3 Å². The molecule has 1 aromatic carbocycles. The van der Waals surface area contributed by atoms with Crippen LogP contribution in [0.25, 0.3) is 11.3 Å². The van der Waals surface area contributed by atoms with Crippen molar-refractivity contribution in [2.75, 3.05) is 5.73 Å². The quantitative estimate of drug-likeness (QED) is 0.872. The van der Waals surface area contributed by atoms with Gasteiger partial charge >= 0.3 is 0 Å². The summed E-state index contributed by atoms with van der Waals surface area (Å²) in [5, 5.41) is 4.43. The van der Waals surface area contributed by atoms with Gasteiger partial charge in [0.05, 0.1) is 5.69 Å². The Labute approximate surface area is 103 Å². The lowest BCUT2D eigenvalue weighted by molar-refractivity contribution is 0.782. The van der Waals surface area contributed by atoms with E-state index in [1.165, 1.54) is 5.56 Å². The molecule has 0 fully saturated rings. The van der Waals surface area contributed by atoms with Crippen LogP contribution in [-0.4, -0.2) is 9.78 Å². The van der Waals surface area contributed by atoms with Crippen molar-refractivity contribution in [1.29, 1.82) is 0 Å². The number of benzene rings is 1. The highest BCUT2D eigenvalue weighted by atomic mass is 79.9.